The van der Waals surface area contributed by atoms with Gasteiger partial charge in [0.05, 0.1) is 26.4 Å². The van der Waals surface area contributed by atoms with Crippen molar-refractivity contribution in [3.63, 3.8) is 0 Å². The molecule has 7 heteroatoms. The number of aliphatic hydroxyl groups excluding tert-OH is 2. The fourth-order valence-electron chi connectivity index (χ4n) is 1.02. The van der Waals surface area contributed by atoms with Crippen molar-refractivity contribution in [1.82, 2.24) is 0 Å². The first-order valence-corrected chi connectivity index (χ1v) is 6.89. The van der Waals surface area contributed by atoms with Crippen LogP contribution in [0.1, 0.15) is 5.56 Å². The summed E-state index contributed by atoms with van der Waals surface area (Å²) in [5, 5.41) is 16.2. The molecule has 1 aromatic carbocycles. The van der Waals surface area contributed by atoms with Crippen molar-refractivity contribution in [2.45, 2.75) is 5.75 Å². The predicted molar refractivity (Wildman–Crippen MR) is 66.7 cm³/mol. The molecule has 6 nitrogen and oxygen atoms in total. The molecule has 0 aliphatic carbocycles. The van der Waals surface area contributed by atoms with Gasteiger partial charge < -0.3 is 14.9 Å². The molecule has 0 fully saturated rings. The topological polar surface area (TPSA) is 104 Å². The van der Waals surface area contributed by atoms with Crippen LogP contribution in [0.25, 0.3) is 0 Å². The Labute approximate surface area is 107 Å². The Bertz CT molecular complexity index is 385. The number of benzene rings is 1. The number of ether oxygens (including phenoxy) is 1. The maximum atomic E-state index is 10.4. The van der Waals surface area contributed by atoms with Crippen LogP contribution >= 0.6 is 0 Å². The molecule has 0 saturated carbocycles. The van der Waals surface area contributed by atoms with Crippen molar-refractivity contribution < 1.29 is 27.9 Å². The standard InChI is InChI=1S/C7H8O3S.C4H10O3/c8-11(9,10)6-7-4-2-1-3-5-7;5-1-3-7-4-2-6/h1-5H,6H2,(H,8,9,10);5-6H,1-4H2. The molecule has 0 heterocycles. The molecule has 0 spiro atoms. The molecular weight excluding hydrogens is 260 g/mol. The summed E-state index contributed by atoms with van der Waals surface area (Å²) >= 11 is 0. The van der Waals surface area contributed by atoms with Crippen LogP contribution in [0.4, 0.5) is 0 Å². The van der Waals surface area contributed by atoms with Gasteiger partial charge >= 0.3 is 0 Å². The average molecular weight is 278 g/mol. The van der Waals surface area contributed by atoms with Crippen molar-refractivity contribution in [3.8, 4) is 0 Å². The van der Waals surface area contributed by atoms with Crippen LogP contribution in [0.5, 0.6) is 0 Å². The number of rotatable bonds is 6. The summed E-state index contributed by atoms with van der Waals surface area (Å²) in [6, 6.07) is 8.52. The lowest BCUT2D eigenvalue weighted by molar-refractivity contribution is 0.0650. The summed E-state index contributed by atoms with van der Waals surface area (Å²) in [6.07, 6.45) is 0. The van der Waals surface area contributed by atoms with Crippen LogP contribution < -0.4 is 0 Å². The lowest BCUT2D eigenvalue weighted by Gasteiger charge is -1.95. The summed E-state index contributed by atoms with van der Waals surface area (Å²) < 4.78 is 33.8. The SMILES string of the molecule is O=S(=O)(O)Cc1ccccc1.OCCOCCO. The van der Waals surface area contributed by atoms with E-state index in [4.69, 9.17) is 14.8 Å². The molecule has 0 saturated heterocycles. The molecule has 0 atom stereocenters. The van der Waals surface area contributed by atoms with Crippen LogP contribution in [0.3, 0.4) is 0 Å². The van der Waals surface area contributed by atoms with Gasteiger partial charge in [-0.1, -0.05) is 30.3 Å². The summed E-state index contributed by atoms with van der Waals surface area (Å²) in [7, 11) is -3.88. The van der Waals surface area contributed by atoms with E-state index in [0.29, 0.717) is 18.8 Å². The average Bonchev–Trinajstić information content (AvgIpc) is 2.30. The highest BCUT2D eigenvalue weighted by molar-refractivity contribution is 7.85. The molecule has 1 aromatic rings. The van der Waals surface area contributed by atoms with E-state index in [1.165, 1.54) is 0 Å². The molecule has 3 N–H and O–H groups in total. The smallest absolute Gasteiger partial charge is 0.269 e. The number of aliphatic hydroxyl groups is 2. The predicted octanol–water partition coefficient (Wildman–Crippen LogP) is 0.0620. The maximum Gasteiger partial charge on any atom is 0.269 e. The first kappa shape index (κ1) is 17.0. The van der Waals surface area contributed by atoms with Crippen LogP contribution in [-0.2, 0) is 20.6 Å². The van der Waals surface area contributed by atoms with Gasteiger partial charge in [0.2, 0.25) is 0 Å². The highest BCUT2D eigenvalue weighted by Gasteiger charge is 2.04. The van der Waals surface area contributed by atoms with Crippen molar-refractivity contribution in [2.75, 3.05) is 26.4 Å². The van der Waals surface area contributed by atoms with Crippen LogP contribution in [0.2, 0.25) is 0 Å². The molecule has 0 amide bonds. The second-order valence-electron chi connectivity index (χ2n) is 3.27. The molecule has 0 aliphatic rings. The quantitative estimate of drug-likeness (QED) is 0.502. The minimum Gasteiger partial charge on any atom is -0.394 e. The summed E-state index contributed by atoms with van der Waals surface area (Å²) in [4.78, 5) is 0. The van der Waals surface area contributed by atoms with Gasteiger partial charge in [0.25, 0.3) is 10.1 Å². The van der Waals surface area contributed by atoms with Crippen molar-refractivity contribution in [1.29, 1.82) is 0 Å². The minimum absolute atomic E-state index is 0.0278. The van der Waals surface area contributed by atoms with E-state index in [1.54, 1.807) is 30.3 Å². The number of hydrogen-bond donors (Lipinski definition) is 3. The molecule has 104 valence electrons. The largest absolute Gasteiger partial charge is 0.394 e. The van der Waals surface area contributed by atoms with E-state index in [2.05, 4.69) is 4.74 Å². The molecule has 1 rings (SSSR count). The van der Waals surface area contributed by atoms with Crippen molar-refractivity contribution >= 4 is 10.1 Å². The Morgan fingerprint density at radius 1 is 1.00 bits per heavy atom. The highest BCUT2D eigenvalue weighted by Crippen LogP contribution is 2.02. The van der Waals surface area contributed by atoms with Crippen molar-refractivity contribution in [2.24, 2.45) is 0 Å². The molecular formula is C11H18O6S. The summed E-state index contributed by atoms with van der Waals surface area (Å²) in [6.45, 7) is 0.696. The monoisotopic (exact) mass is 278 g/mol. The highest BCUT2D eigenvalue weighted by atomic mass is 32.2. The second-order valence-corrected chi connectivity index (χ2v) is 4.72. The van der Waals surface area contributed by atoms with Gasteiger partial charge in [-0.25, -0.2) is 0 Å². The Morgan fingerprint density at radius 2 is 1.50 bits per heavy atom. The molecule has 0 aromatic heterocycles. The molecule has 0 aliphatic heterocycles. The third-order valence-electron chi connectivity index (χ3n) is 1.66. The van der Waals surface area contributed by atoms with E-state index in [0.717, 1.165) is 0 Å². The Hall–Kier alpha value is -0.990. The molecule has 0 bridgehead atoms. The van der Waals surface area contributed by atoms with E-state index >= 15 is 0 Å². The molecule has 0 radical (unpaired) electrons. The fraction of sp³-hybridized carbons (Fsp3) is 0.455. The van der Waals surface area contributed by atoms with Gasteiger partial charge in [0.1, 0.15) is 5.75 Å². The maximum absolute atomic E-state index is 10.4. The van der Waals surface area contributed by atoms with Gasteiger partial charge in [-0.2, -0.15) is 8.42 Å². The molecule has 18 heavy (non-hydrogen) atoms. The van der Waals surface area contributed by atoms with E-state index in [-0.39, 0.29) is 19.0 Å². The Morgan fingerprint density at radius 3 is 1.89 bits per heavy atom. The second kappa shape index (κ2) is 9.98. The third kappa shape index (κ3) is 11.5. The first-order valence-electron chi connectivity index (χ1n) is 5.28. The van der Waals surface area contributed by atoms with Gasteiger partial charge in [-0.05, 0) is 5.56 Å². The third-order valence-corrected chi connectivity index (χ3v) is 2.36. The zero-order valence-corrected chi connectivity index (χ0v) is 10.7. The number of hydrogen-bond acceptors (Lipinski definition) is 5. The summed E-state index contributed by atoms with van der Waals surface area (Å²) in [5.74, 6) is -0.312. The Balaban J connectivity index is 0.000000360. The normalized spacial score (nSPS) is 10.6. The van der Waals surface area contributed by atoms with Crippen molar-refractivity contribution in [3.05, 3.63) is 35.9 Å². The van der Waals surface area contributed by atoms with Gasteiger partial charge in [-0.15, -0.1) is 0 Å². The lowest BCUT2D eigenvalue weighted by atomic mass is 10.2. The Kier molecular flexibility index (Phi) is 9.43. The van der Waals surface area contributed by atoms with Crippen LogP contribution in [0.15, 0.2) is 30.3 Å². The fourth-order valence-corrected chi connectivity index (χ4v) is 1.63. The van der Waals surface area contributed by atoms with E-state index < -0.39 is 10.1 Å². The van der Waals surface area contributed by atoms with Gasteiger partial charge in [0.15, 0.2) is 0 Å². The zero-order valence-electron chi connectivity index (χ0n) is 9.90. The first-order chi connectivity index (χ1) is 8.49. The van der Waals surface area contributed by atoms with Crippen LogP contribution in [-0.4, -0.2) is 49.6 Å². The molecule has 0 unspecified atom stereocenters. The van der Waals surface area contributed by atoms with Gasteiger partial charge in [-0.3, -0.25) is 4.55 Å². The van der Waals surface area contributed by atoms with E-state index in [1.807, 2.05) is 0 Å². The minimum atomic E-state index is -3.88. The van der Waals surface area contributed by atoms with Gasteiger partial charge in [0, 0.05) is 0 Å². The van der Waals surface area contributed by atoms with E-state index in [9.17, 15) is 8.42 Å². The van der Waals surface area contributed by atoms with Crippen LogP contribution in [0, 0.1) is 0 Å². The lowest BCUT2D eigenvalue weighted by Crippen LogP contribution is -2.03. The summed E-state index contributed by atoms with van der Waals surface area (Å²) in [5.41, 5.74) is 0.593. The zero-order chi connectivity index (χ0) is 13.9.